The second-order valence-electron chi connectivity index (χ2n) is 5.18. The van der Waals surface area contributed by atoms with E-state index in [9.17, 15) is 4.79 Å². The Morgan fingerprint density at radius 1 is 1.22 bits per heavy atom. The molecule has 2 heterocycles. The van der Waals surface area contributed by atoms with Gasteiger partial charge in [-0.3, -0.25) is 4.79 Å². The normalized spacial score (nSPS) is 20.4. The lowest BCUT2D eigenvalue weighted by Crippen LogP contribution is -2.24. The van der Waals surface area contributed by atoms with Gasteiger partial charge in [-0.25, -0.2) is 4.98 Å². The van der Waals surface area contributed by atoms with Crippen molar-refractivity contribution in [3.63, 3.8) is 0 Å². The number of imidazole rings is 1. The van der Waals surface area contributed by atoms with Crippen LogP contribution in [0.15, 0.2) is 42.6 Å². The number of likely N-dealkylation sites (N-methyl/N-ethyl adjacent to an activating group) is 1. The molecule has 1 unspecified atom stereocenters. The van der Waals surface area contributed by atoms with Crippen LogP contribution in [0.2, 0.25) is 0 Å². The third-order valence-corrected chi connectivity index (χ3v) is 3.46. The quantitative estimate of drug-likeness (QED) is 0.743. The predicted octanol–water partition coefficient (Wildman–Crippen LogP) is 3.25. The summed E-state index contributed by atoms with van der Waals surface area (Å²) in [4.78, 5) is 17.2. The average Bonchev–Trinajstić information content (AvgIpc) is 3.03. The SMILES string of the molecule is [2H]C(C(=O)N(C([2H])([2H])[2H])C([2H])([2H])[2H])c1c(-c2ccc(C)cc2)nc2ccc(C([2H])([2H])[2H])cn12. The summed E-state index contributed by atoms with van der Waals surface area (Å²) in [6, 6.07) is 9.67. The standard InChI is InChI=1S/C19H21N3O/c1-13-5-8-15(9-6-13)19-16(11-18(23)21(3)4)22-12-14(2)7-10-17(22)20-19/h5-10,12H,11H2,1-4H3/i2D3,3D3,4D3,11D. The van der Waals surface area contributed by atoms with E-state index in [0.717, 1.165) is 5.56 Å². The third kappa shape index (κ3) is 2.97. The van der Waals surface area contributed by atoms with E-state index in [-0.39, 0.29) is 27.5 Å². The number of carbonyl (C=O) groups excluding carboxylic acids is 1. The van der Waals surface area contributed by atoms with Crippen LogP contribution in [-0.4, -0.2) is 34.1 Å². The maximum atomic E-state index is 13.1. The molecule has 0 saturated carbocycles. The molecule has 4 nitrogen and oxygen atoms in total. The molecule has 0 bridgehead atoms. The fourth-order valence-corrected chi connectivity index (χ4v) is 2.31. The van der Waals surface area contributed by atoms with Gasteiger partial charge in [0.2, 0.25) is 5.91 Å². The Morgan fingerprint density at radius 2 is 1.96 bits per heavy atom. The third-order valence-electron chi connectivity index (χ3n) is 3.46. The first-order valence-electron chi connectivity index (χ1n) is 12.0. The number of fused-ring (bicyclic) bond motifs is 1. The summed E-state index contributed by atoms with van der Waals surface area (Å²) in [5.74, 6) is -1.48. The predicted molar refractivity (Wildman–Crippen MR) is 92.5 cm³/mol. The maximum absolute atomic E-state index is 13.1. The van der Waals surface area contributed by atoms with E-state index in [2.05, 4.69) is 4.98 Å². The van der Waals surface area contributed by atoms with Crippen molar-refractivity contribution in [3.05, 3.63) is 59.4 Å². The minimum absolute atomic E-state index is 0.0905. The largest absolute Gasteiger partial charge is 0.348 e. The Kier molecular flexibility index (Phi) is 1.87. The van der Waals surface area contributed by atoms with E-state index in [4.69, 9.17) is 13.7 Å². The van der Waals surface area contributed by atoms with Crippen LogP contribution in [0.25, 0.3) is 16.9 Å². The molecule has 0 saturated heterocycles. The summed E-state index contributed by atoms with van der Waals surface area (Å²) in [5, 5.41) is 0. The molecule has 0 radical (unpaired) electrons. The van der Waals surface area contributed by atoms with Crippen molar-refractivity contribution in [2.75, 3.05) is 14.0 Å². The van der Waals surface area contributed by atoms with Gasteiger partial charge in [-0.1, -0.05) is 35.9 Å². The van der Waals surface area contributed by atoms with Crippen molar-refractivity contribution in [2.24, 2.45) is 0 Å². The molecular weight excluding hydrogens is 286 g/mol. The van der Waals surface area contributed by atoms with Crippen LogP contribution in [0.4, 0.5) is 0 Å². The number of aromatic nitrogens is 2. The number of nitrogens with zero attached hydrogens (tertiary/aromatic N) is 3. The molecule has 3 rings (SSSR count). The van der Waals surface area contributed by atoms with E-state index >= 15 is 0 Å². The van der Waals surface area contributed by atoms with E-state index in [1.165, 1.54) is 22.7 Å². The number of carbonyl (C=O) groups is 1. The number of aryl methyl sites for hydroxylation is 2. The summed E-state index contributed by atoms with van der Waals surface area (Å²) in [5.41, 5.74) is 1.56. The Balaban J connectivity index is 2.28. The van der Waals surface area contributed by atoms with Crippen molar-refractivity contribution in [2.45, 2.75) is 20.2 Å². The lowest BCUT2D eigenvalue weighted by Gasteiger charge is -2.11. The Labute approximate surface area is 150 Å². The van der Waals surface area contributed by atoms with Gasteiger partial charge in [0.05, 0.1) is 17.8 Å². The van der Waals surface area contributed by atoms with Gasteiger partial charge < -0.3 is 9.30 Å². The molecular formula is C19H21N3O. The fraction of sp³-hybridized carbons (Fsp3) is 0.263. The molecule has 0 aliphatic rings. The molecule has 118 valence electrons. The van der Waals surface area contributed by atoms with Gasteiger partial charge in [-0.05, 0) is 25.4 Å². The molecule has 0 N–H and O–H groups in total. The molecule has 1 aromatic carbocycles. The van der Waals surface area contributed by atoms with Crippen LogP contribution < -0.4 is 0 Å². The first kappa shape index (κ1) is 7.30. The topological polar surface area (TPSA) is 37.6 Å². The maximum Gasteiger partial charge on any atom is 0.228 e. The zero-order chi connectivity index (χ0) is 24.9. The van der Waals surface area contributed by atoms with E-state index in [1.54, 1.807) is 24.3 Å². The van der Waals surface area contributed by atoms with Crippen molar-refractivity contribution < 1.29 is 18.5 Å². The van der Waals surface area contributed by atoms with Crippen LogP contribution in [0.1, 0.15) is 30.5 Å². The van der Waals surface area contributed by atoms with Crippen molar-refractivity contribution in [1.82, 2.24) is 14.3 Å². The van der Waals surface area contributed by atoms with E-state index in [1.807, 2.05) is 6.92 Å². The number of benzene rings is 1. The Morgan fingerprint density at radius 3 is 2.65 bits per heavy atom. The second-order valence-corrected chi connectivity index (χ2v) is 5.18. The highest BCUT2D eigenvalue weighted by molar-refractivity contribution is 5.81. The number of amides is 1. The van der Waals surface area contributed by atoms with Crippen LogP contribution >= 0.6 is 0 Å². The van der Waals surface area contributed by atoms with Crippen molar-refractivity contribution in [1.29, 1.82) is 0 Å². The molecule has 3 aromatic rings. The highest BCUT2D eigenvalue weighted by Gasteiger charge is 2.18. The minimum Gasteiger partial charge on any atom is -0.348 e. The van der Waals surface area contributed by atoms with Gasteiger partial charge in [0.15, 0.2) is 0 Å². The molecule has 1 atom stereocenters. The monoisotopic (exact) mass is 317 g/mol. The van der Waals surface area contributed by atoms with E-state index in [0.29, 0.717) is 5.56 Å². The van der Waals surface area contributed by atoms with Crippen molar-refractivity contribution in [3.8, 4) is 11.3 Å². The molecule has 0 fully saturated rings. The highest BCUT2D eigenvalue weighted by atomic mass is 16.2. The Bertz CT molecular complexity index is 1160. The molecule has 4 heteroatoms. The highest BCUT2D eigenvalue weighted by Crippen LogP contribution is 2.26. The zero-order valence-electron chi connectivity index (χ0n) is 22.4. The van der Waals surface area contributed by atoms with Gasteiger partial charge >= 0.3 is 0 Å². The van der Waals surface area contributed by atoms with Crippen LogP contribution in [0.3, 0.4) is 0 Å². The number of rotatable bonds is 3. The molecule has 1 amide bonds. The fourth-order valence-electron chi connectivity index (χ4n) is 2.31. The minimum atomic E-state index is -3.32. The van der Waals surface area contributed by atoms with Gasteiger partial charge in [-0.15, -0.1) is 0 Å². The van der Waals surface area contributed by atoms with Crippen LogP contribution in [0, 0.1) is 13.8 Å². The summed E-state index contributed by atoms with van der Waals surface area (Å²) >= 11 is 0. The smallest absolute Gasteiger partial charge is 0.228 e. The van der Waals surface area contributed by atoms with Gasteiger partial charge in [0.1, 0.15) is 5.65 Å². The molecule has 0 spiro atoms. The molecule has 2 aromatic heterocycles. The summed E-state index contributed by atoms with van der Waals surface area (Å²) in [6.45, 7) is -7.28. The first-order chi connectivity index (χ1) is 15.0. The van der Waals surface area contributed by atoms with Gasteiger partial charge in [0.25, 0.3) is 0 Å². The molecule has 23 heavy (non-hydrogen) atoms. The lowest BCUT2D eigenvalue weighted by atomic mass is 10.1. The first-order valence-corrected chi connectivity index (χ1v) is 6.88. The summed E-state index contributed by atoms with van der Waals surface area (Å²) in [7, 11) is 0. The average molecular weight is 317 g/mol. The van der Waals surface area contributed by atoms with Gasteiger partial charge in [0, 0.05) is 39.4 Å². The van der Waals surface area contributed by atoms with Crippen LogP contribution in [-0.2, 0) is 11.2 Å². The number of pyridine rings is 1. The molecule has 0 aliphatic heterocycles. The summed E-state index contributed by atoms with van der Waals surface area (Å²) < 4.78 is 77.9. The zero-order valence-corrected chi connectivity index (χ0v) is 12.4. The summed E-state index contributed by atoms with van der Waals surface area (Å²) in [6.07, 6.45) is -0.810. The number of hydrogen-bond acceptors (Lipinski definition) is 2. The van der Waals surface area contributed by atoms with Crippen molar-refractivity contribution >= 4 is 11.6 Å². The van der Waals surface area contributed by atoms with E-state index < -0.39 is 33.1 Å². The number of hydrogen-bond donors (Lipinski definition) is 0. The Hall–Kier alpha value is -2.62. The van der Waals surface area contributed by atoms with Gasteiger partial charge in [-0.2, -0.15) is 0 Å². The second kappa shape index (κ2) is 5.88. The molecule has 0 aliphatic carbocycles. The van der Waals surface area contributed by atoms with Crippen LogP contribution in [0.5, 0.6) is 0 Å². The lowest BCUT2D eigenvalue weighted by molar-refractivity contribution is -0.128.